The van der Waals surface area contributed by atoms with E-state index in [0.29, 0.717) is 5.58 Å². The lowest BCUT2D eigenvalue weighted by Crippen LogP contribution is -1.99. The zero-order valence-corrected chi connectivity index (χ0v) is 11.6. The van der Waals surface area contributed by atoms with Gasteiger partial charge in [0.2, 0.25) is 0 Å². The number of fused-ring (bicyclic) bond motifs is 1. The number of oxazole rings is 1. The number of benzene rings is 2. The number of aromatic nitrogens is 1. The summed E-state index contributed by atoms with van der Waals surface area (Å²) in [6, 6.07) is 14.4. The molecule has 3 aromatic rings. The molecule has 0 saturated heterocycles. The fourth-order valence-electron chi connectivity index (χ4n) is 2.64. The molecule has 1 aromatic heterocycles. The third-order valence-corrected chi connectivity index (χ3v) is 3.92. The summed E-state index contributed by atoms with van der Waals surface area (Å²) in [4.78, 5) is 13.8. The molecule has 0 atom stereocenters. The first kappa shape index (κ1) is 12.3. The van der Waals surface area contributed by atoms with E-state index in [1.165, 1.54) is 24.0 Å². The Morgan fingerprint density at radius 2 is 2.10 bits per heavy atom. The van der Waals surface area contributed by atoms with Crippen molar-refractivity contribution in [1.29, 1.82) is 0 Å². The first-order valence-electron chi connectivity index (χ1n) is 7.23. The Balaban J connectivity index is 1.51. The maximum absolute atomic E-state index is 11.1. The number of hydrogen-bond acceptors (Lipinski definition) is 3. The number of nitrogens with one attached hydrogen (secondary N) is 2. The monoisotopic (exact) mass is 280 g/mol. The molecule has 21 heavy (non-hydrogen) atoms. The standard InChI is InChI=1S/C17H16N2O2/c20-17-19-15-9-14(6-7-16(15)21-17)18-10-11-2-1-3-13(8-11)12-4-5-12/h1-3,6-9,12,18H,4-5,10H2,(H,19,20). The second kappa shape index (κ2) is 4.81. The molecule has 0 aliphatic heterocycles. The third kappa shape index (κ3) is 2.57. The van der Waals surface area contributed by atoms with Gasteiger partial charge in [0.25, 0.3) is 0 Å². The first-order valence-corrected chi connectivity index (χ1v) is 7.23. The van der Waals surface area contributed by atoms with Crippen LogP contribution in [0.5, 0.6) is 0 Å². The molecule has 2 N–H and O–H groups in total. The highest BCUT2D eigenvalue weighted by Gasteiger charge is 2.23. The molecule has 4 rings (SSSR count). The van der Waals surface area contributed by atoms with Gasteiger partial charge in [0.15, 0.2) is 5.58 Å². The molecular formula is C17H16N2O2. The predicted molar refractivity (Wildman–Crippen MR) is 82.6 cm³/mol. The van der Waals surface area contributed by atoms with E-state index in [4.69, 9.17) is 4.42 Å². The number of rotatable bonds is 4. The van der Waals surface area contributed by atoms with Crippen molar-refractivity contribution in [1.82, 2.24) is 4.98 Å². The molecule has 0 bridgehead atoms. The number of H-pyrrole nitrogens is 1. The van der Waals surface area contributed by atoms with Crippen LogP contribution in [-0.2, 0) is 6.54 Å². The zero-order valence-electron chi connectivity index (χ0n) is 11.6. The maximum Gasteiger partial charge on any atom is 0.417 e. The Hall–Kier alpha value is -2.49. The topological polar surface area (TPSA) is 58.0 Å². The highest BCUT2D eigenvalue weighted by Crippen LogP contribution is 2.40. The van der Waals surface area contributed by atoms with E-state index < -0.39 is 5.76 Å². The van der Waals surface area contributed by atoms with Gasteiger partial charge in [0, 0.05) is 12.2 Å². The van der Waals surface area contributed by atoms with Gasteiger partial charge in [0.05, 0.1) is 5.52 Å². The van der Waals surface area contributed by atoms with E-state index in [1.54, 1.807) is 6.07 Å². The summed E-state index contributed by atoms with van der Waals surface area (Å²) in [6.07, 6.45) is 2.64. The Bertz CT molecular complexity index is 843. The molecule has 4 nitrogen and oxygen atoms in total. The molecule has 2 aromatic carbocycles. The molecule has 1 aliphatic rings. The lowest BCUT2D eigenvalue weighted by Gasteiger charge is -2.08. The van der Waals surface area contributed by atoms with Crippen molar-refractivity contribution in [3.63, 3.8) is 0 Å². The second-order valence-electron chi connectivity index (χ2n) is 5.60. The molecule has 1 aliphatic carbocycles. The maximum atomic E-state index is 11.1. The largest absolute Gasteiger partial charge is 0.417 e. The fraction of sp³-hybridized carbons (Fsp3) is 0.235. The van der Waals surface area contributed by atoms with Crippen LogP contribution in [0.2, 0.25) is 0 Å². The van der Waals surface area contributed by atoms with Crippen molar-refractivity contribution >= 4 is 16.8 Å². The molecule has 0 unspecified atom stereocenters. The summed E-state index contributed by atoms with van der Waals surface area (Å²) in [6.45, 7) is 0.772. The van der Waals surface area contributed by atoms with Crippen LogP contribution >= 0.6 is 0 Å². The van der Waals surface area contributed by atoms with Gasteiger partial charge < -0.3 is 9.73 Å². The normalized spacial score (nSPS) is 14.5. The van der Waals surface area contributed by atoms with E-state index in [1.807, 2.05) is 12.1 Å². The minimum atomic E-state index is -0.417. The van der Waals surface area contributed by atoms with Crippen LogP contribution < -0.4 is 11.1 Å². The van der Waals surface area contributed by atoms with Gasteiger partial charge >= 0.3 is 5.76 Å². The highest BCUT2D eigenvalue weighted by molar-refractivity contribution is 5.76. The summed E-state index contributed by atoms with van der Waals surface area (Å²) in [5.41, 5.74) is 5.00. The zero-order chi connectivity index (χ0) is 14.2. The summed E-state index contributed by atoms with van der Waals surface area (Å²) in [5.74, 6) is 0.358. The minimum Gasteiger partial charge on any atom is -0.408 e. The second-order valence-corrected chi connectivity index (χ2v) is 5.60. The van der Waals surface area contributed by atoms with Crippen LogP contribution in [0, 0.1) is 0 Å². The average molecular weight is 280 g/mol. The SMILES string of the molecule is O=c1[nH]c2cc(NCc3cccc(C4CC4)c3)ccc2o1. The van der Waals surface area contributed by atoms with Gasteiger partial charge in [0.1, 0.15) is 0 Å². The Morgan fingerprint density at radius 3 is 2.95 bits per heavy atom. The molecule has 1 saturated carbocycles. The van der Waals surface area contributed by atoms with Crippen molar-refractivity contribution in [3.05, 3.63) is 64.1 Å². The van der Waals surface area contributed by atoms with Gasteiger partial charge in [-0.2, -0.15) is 0 Å². The lowest BCUT2D eigenvalue weighted by atomic mass is 10.1. The quantitative estimate of drug-likeness (QED) is 0.767. The van der Waals surface area contributed by atoms with Crippen LogP contribution in [-0.4, -0.2) is 4.98 Å². The van der Waals surface area contributed by atoms with Gasteiger partial charge in [-0.25, -0.2) is 4.79 Å². The third-order valence-electron chi connectivity index (χ3n) is 3.92. The molecule has 4 heteroatoms. The summed E-state index contributed by atoms with van der Waals surface area (Å²) >= 11 is 0. The van der Waals surface area contributed by atoms with Crippen LogP contribution in [0.4, 0.5) is 5.69 Å². The summed E-state index contributed by atoms with van der Waals surface area (Å²) in [5, 5.41) is 3.39. The molecule has 1 heterocycles. The molecular weight excluding hydrogens is 264 g/mol. The smallest absolute Gasteiger partial charge is 0.408 e. The van der Waals surface area contributed by atoms with E-state index in [-0.39, 0.29) is 0 Å². The van der Waals surface area contributed by atoms with Crippen LogP contribution in [0.3, 0.4) is 0 Å². The Kier molecular flexibility index (Phi) is 2.81. The van der Waals surface area contributed by atoms with Crippen molar-refractivity contribution in [2.75, 3.05) is 5.32 Å². The van der Waals surface area contributed by atoms with Crippen LogP contribution in [0.15, 0.2) is 51.7 Å². The van der Waals surface area contributed by atoms with Crippen LogP contribution in [0.25, 0.3) is 11.1 Å². The van der Waals surface area contributed by atoms with E-state index in [2.05, 4.69) is 34.6 Å². The van der Waals surface area contributed by atoms with Gasteiger partial charge in [-0.3, -0.25) is 4.98 Å². The minimum absolute atomic E-state index is 0.417. The van der Waals surface area contributed by atoms with Gasteiger partial charge in [-0.15, -0.1) is 0 Å². The Labute approximate surface area is 121 Å². The number of aromatic amines is 1. The average Bonchev–Trinajstić information content (AvgIpc) is 3.27. The molecule has 106 valence electrons. The Morgan fingerprint density at radius 1 is 1.19 bits per heavy atom. The van der Waals surface area contributed by atoms with E-state index in [0.717, 1.165) is 23.7 Å². The van der Waals surface area contributed by atoms with Gasteiger partial charge in [-0.05, 0) is 48.1 Å². The molecule has 0 radical (unpaired) electrons. The predicted octanol–water partition coefficient (Wildman–Crippen LogP) is 3.61. The lowest BCUT2D eigenvalue weighted by molar-refractivity contribution is 0.555. The highest BCUT2D eigenvalue weighted by atomic mass is 16.4. The van der Waals surface area contributed by atoms with E-state index in [9.17, 15) is 4.79 Å². The molecule has 0 spiro atoms. The fourth-order valence-corrected chi connectivity index (χ4v) is 2.64. The molecule has 1 fully saturated rings. The van der Waals surface area contributed by atoms with Crippen molar-refractivity contribution in [2.24, 2.45) is 0 Å². The number of hydrogen-bond donors (Lipinski definition) is 2. The summed E-state index contributed by atoms with van der Waals surface area (Å²) in [7, 11) is 0. The number of anilines is 1. The van der Waals surface area contributed by atoms with Gasteiger partial charge in [-0.1, -0.05) is 24.3 Å². The first-order chi connectivity index (χ1) is 10.3. The van der Waals surface area contributed by atoms with Crippen molar-refractivity contribution in [2.45, 2.75) is 25.3 Å². The van der Waals surface area contributed by atoms with Crippen LogP contribution in [0.1, 0.15) is 29.9 Å². The molecule has 0 amide bonds. The van der Waals surface area contributed by atoms with E-state index >= 15 is 0 Å². The van der Waals surface area contributed by atoms with Crippen molar-refractivity contribution in [3.8, 4) is 0 Å². The summed E-state index contributed by atoms with van der Waals surface area (Å²) < 4.78 is 5.00. The van der Waals surface area contributed by atoms with Crippen molar-refractivity contribution < 1.29 is 4.42 Å².